The zero-order valence-electron chi connectivity index (χ0n) is 15.5. The minimum absolute atomic E-state index is 0.0422. The second kappa shape index (κ2) is 7.80. The highest BCUT2D eigenvalue weighted by molar-refractivity contribution is 6.30. The number of hydrazone groups is 1. The fraction of sp³-hybridized carbons (Fsp3) is 0.182. The molecule has 0 saturated heterocycles. The standard InChI is InChI=1S/C22H21ClN2O2/c1-13(2)15-5-4-6-18-14(3)9-20(19(18)11-15)22(27)25-24-12-16-10-17(23)7-8-21(16)26/h4-13,26H,1-3H3,(H,25,27)/b24-12+. The van der Waals surface area contributed by atoms with Crippen molar-refractivity contribution in [2.24, 2.45) is 5.10 Å². The van der Waals surface area contributed by atoms with E-state index in [9.17, 15) is 9.90 Å². The predicted molar refractivity (Wildman–Crippen MR) is 110 cm³/mol. The highest BCUT2D eigenvalue weighted by atomic mass is 35.5. The number of phenolic OH excluding ortho intramolecular Hbond substituents is 1. The number of hydrogen-bond acceptors (Lipinski definition) is 3. The van der Waals surface area contributed by atoms with E-state index in [1.165, 1.54) is 12.3 Å². The Morgan fingerprint density at radius 3 is 2.67 bits per heavy atom. The van der Waals surface area contributed by atoms with Gasteiger partial charge in [-0.2, -0.15) is 5.10 Å². The molecule has 0 bridgehead atoms. The minimum Gasteiger partial charge on any atom is -0.507 e. The van der Waals surface area contributed by atoms with Crippen LogP contribution in [0, 0.1) is 6.92 Å². The van der Waals surface area contributed by atoms with Crippen molar-refractivity contribution in [3.8, 4) is 16.9 Å². The summed E-state index contributed by atoms with van der Waals surface area (Å²) in [6.07, 6.45) is 1.37. The Morgan fingerprint density at radius 1 is 1.15 bits per heavy atom. The van der Waals surface area contributed by atoms with Crippen LogP contribution in [-0.2, 0) is 0 Å². The Kier molecular flexibility index (Phi) is 5.47. The van der Waals surface area contributed by atoms with E-state index in [2.05, 4.69) is 36.5 Å². The van der Waals surface area contributed by atoms with Crippen LogP contribution < -0.4 is 5.43 Å². The molecule has 0 radical (unpaired) electrons. The molecule has 138 valence electrons. The van der Waals surface area contributed by atoms with Crippen molar-refractivity contribution in [1.29, 1.82) is 0 Å². The lowest BCUT2D eigenvalue weighted by molar-refractivity contribution is 0.0956. The normalized spacial score (nSPS) is 11.4. The number of fused-ring (bicyclic) bond motifs is 1. The molecule has 0 aromatic heterocycles. The Morgan fingerprint density at radius 2 is 1.93 bits per heavy atom. The number of hydrogen-bond donors (Lipinski definition) is 2. The van der Waals surface area contributed by atoms with Crippen molar-refractivity contribution in [3.63, 3.8) is 0 Å². The third-order valence-electron chi connectivity index (χ3n) is 4.50. The highest BCUT2D eigenvalue weighted by Crippen LogP contribution is 2.33. The maximum Gasteiger partial charge on any atom is 0.272 e. The molecule has 5 heteroatoms. The Balaban J connectivity index is 1.89. The van der Waals surface area contributed by atoms with Gasteiger partial charge in [0.15, 0.2) is 0 Å². The quantitative estimate of drug-likeness (QED) is 0.473. The first kappa shape index (κ1) is 18.9. The van der Waals surface area contributed by atoms with Crippen LogP contribution >= 0.6 is 11.6 Å². The lowest BCUT2D eigenvalue weighted by Crippen LogP contribution is -2.17. The Bertz CT molecular complexity index is 996. The molecule has 3 rings (SSSR count). The fourth-order valence-corrected chi connectivity index (χ4v) is 3.15. The van der Waals surface area contributed by atoms with E-state index in [1.807, 2.05) is 25.1 Å². The molecule has 2 aliphatic carbocycles. The number of carbonyl (C=O) groups is 1. The van der Waals surface area contributed by atoms with Gasteiger partial charge < -0.3 is 5.11 Å². The number of aryl methyl sites for hydroxylation is 1. The number of carbonyl (C=O) groups excluding carboxylic acids is 1. The van der Waals surface area contributed by atoms with Crippen molar-refractivity contribution in [3.05, 3.63) is 75.8 Å². The van der Waals surface area contributed by atoms with E-state index in [4.69, 9.17) is 11.6 Å². The number of phenols is 1. The van der Waals surface area contributed by atoms with E-state index in [-0.39, 0.29) is 11.7 Å². The van der Waals surface area contributed by atoms with E-state index in [0.717, 1.165) is 22.3 Å². The van der Waals surface area contributed by atoms with Crippen molar-refractivity contribution in [2.75, 3.05) is 0 Å². The summed E-state index contributed by atoms with van der Waals surface area (Å²) >= 11 is 5.91. The van der Waals surface area contributed by atoms with Gasteiger partial charge in [-0.1, -0.05) is 49.7 Å². The van der Waals surface area contributed by atoms with Gasteiger partial charge in [0.1, 0.15) is 5.75 Å². The number of nitrogens with one attached hydrogen (secondary N) is 1. The first-order valence-electron chi connectivity index (χ1n) is 8.72. The molecule has 0 aliphatic heterocycles. The first-order chi connectivity index (χ1) is 12.9. The molecule has 1 aromatic carbocycles. The van der Waals surface area contributed by atoms with Crippen LogP contribution in [0.5, 0.6) is 5.75 Å². The summed E-state index contributed by atoms with van der Waals surface area (Å²) < 4.78 is 0. The molecule has 2 aliphatic rings. The van der Waals surface area contributed by atoms with Gasteiger partial charge >= 0.3 is 0 Å². The van der Waals surface area contributed by atoms with Gasteiger partial charge in [0.05, 0.1) is 6.21 Å². The Hall–Kier alpha value is -2.85. The summed E-state index contributed by atoms with van der Waals surface area (Å²) in [5.41, 5.74) is 7.69. The molecule has 0 spiro atoms. The number of halogens is 1. The maximum absolute atomic E-state index is 12.7. The summed E-state index contributed by atoms with van der Waals surface area (Å²) in [5, 5.41) is 14.3. The average Bonchev–Trinajstić information content (AvgIpc) is 2.80. The molecule has 0 fully saturated rings. The summed E-state index contributed by atoms with van der Waals surface area (Å²) in [6, 6.07) is 14.7. The molecule has 4 nitrogen and oxygen atoms in total. The van der Waals surface area contributed by atoms with Crippen LogP contribution in [0.4, 0.5) is 0 Å². The molecule has 1 amide bonds. The summed E-state index contributed by atoms with van der Waals surface area (Å²) in [7, 11) is 0. The van der Waals surface area contributed by atoms with Gasteiger partial charge in [-0.15, -0.1) is 0 Å². The first-order valence-corrected chi connectivity index (χ1v) is 9.10. The summed E-state index contributed by atoms with van der Waals surface area (Å²) in [6.45, 7) is 6.23. The molecule has 0 heterocycles. The number of benzene rings is 1. The van der Waals surface area contributed by atoms with E-state index >= 15 is 0 Å². The highest BCUT2D eigenvalue weighted by Gasteiger charge is 2.18. The molecule has 0 atom stereocenters. The molecular formula is C22H21ClN2O2. The van der Waals surface area contributed by atoms with E-state index in [1.54, 1.807) is 12.1 Å². The topological polar surface area (TPSA) is 61.7 Å². The number of aromatic hydroxyl groups is 1. The number of rotatable bonds is 4. The smallest absolute Gasteiger partial charge is 0.272 e. The second-order valence-electron chi connectivity index (χ2n) is 6.80. The van der Waals surface area contributed by atoms with Gasteiger partial charge in [-0.3, -0.25) is 4.79 Å². The van der Waals surface area contributed by atoms with Crippen molar-refractivity contribution in [1.82, 2.24) is 5.43 Å². The lowest BCUT2D eigenvalue weighted by Gasteiger charge is -2.05. The van der Waals surface area contributed by atoms with Crippen LogP contribution in [0.25, 0.3) is 11.1 Å². The van der Waals surface area contributed by atoms with Crippen LogP contribution in [0.3, 0.4) is 0 Å². The zero-order valence-corrected chi connectivity index (χ0v) is 16.2. The van der Waals surface area contributed by atoms with E-state index in [0.29, 0.717) is 22.1 Å². The molecule has 2 N–H and O–H groups in total. The largest absolute Gasteiger partial charge is 0.507 e. The Labute approximate surface area is 163 Å². The monoisotopic (exact) mass is 380 g/mol. The van der Waals surface area contributed by atoms with Crippen molar-refractivity contribution < 1.29 is 9.90 Å². The van der Waals surface area contributed by atoms with Gasteiger partial charge in [0.25, 0.3) is 5.91 Å². The number of nitrogens with zero attached hydrogens (tertiary/aromatic N) is 1. The zero-order chi connectivity index (χ0) is 19.6. The van der Waals surface area contributed by atoms with Gasteiger partial charge in [-0.05, 0) is 59.4 Å². The minimum atomic E-state index is -0.299. The molecule has 1 aromatic rings. The van der Waals surface area contributed by atoms with Crippen molar-refractivity contribution in [2.45, 2.75) is 26.7 Å². The van der Waals surface area contributed by atoms with Gasteiger partial charge in [-0.25, -0.2) is 5.43 Å². The predicted octanol–water partition coefficient (Wildman–Crippen LogP) is 5.35. The summed E-state index contributed by atoms with van der Waals surface area (Å²) in [5.74, 6) is 0.0999. The second-order valence-corrected chi connectivity index (χ2v) is 7.23. The van der Waals surface area contributed by atoms with E-state index < -0.39 is 0 Å². The number of amides is 1. The maximum atomic E-state index is 12.7. The third kappa shape index (κ3) is 4.12. The molecule has 0 saturated carbocycles. The van der Waals surface area contributed by atoms with Crippen LogP contribution in [0.1, 0.15) is 46.8 Å². The molecule has 0 unspecified atom stereocenters. The third-order valence-corrected chi connectivity index (χ3v) is 4.73. The molecule has 27 heavy (non-hydrogen) atoms. The lowest BCUT2D eigenvalue weighted by atomic mass is 10.0. The van der Waals surface area contributed by atoms with Gasteiger partial charge in [0.2, 0.25) is 0 Å². The fourth-order valence-electron chi connectivity index (χ4n) is 2.97. The average molecular weight is 381 g/mol. The van der Waals surface area contributed by atoms with Crippen LogP contribution in [0.2, 0.25) is 5.02 Å². The van der Waals surface area contributed by atoms with Gasteiger partial charge in [0, 0.05) is 16.1 Å². The SMILES string of the molecule is Cc1cc(C(=O)N/N=C/c2cc(Cl)ccc2O)c2cc(C(C)C)cccc1-2. The van der Waals surface area contributed by atoms with Crippen LogP contribution in [0.15, 0.2) is 53.6 Å². The summed E-state index contributed by atoms with van der Waals surface area (Å²) in [4.78, 5) is 12.7. The van der Waals surface area contributed by atoms with Crippen LogP contribution in [-0.4, -0.2) is 17.2 Å². The molecular weight excluding hydrogens is 360 g/mol. The van der Waals surface area contributed by atoms with Crippen molar-refractivity contribution >= 4 is 23.7 Å².